The van der Waals surface area contributed by atoms with Crippen LogP contribution in [0.3, 0.4) is 0 Å². The molecule has 0 saturated carbocycles. The number of anilines is 1. The van der Waals surface area contributed by atoms with Gasteiger partial charge in [-0.15, -0.1) is 11.3 Å². The minimum absolute atomic E-state index is 0.0170. The van der Waals surface area contributed by atoms with Gasteiger partial charge in [-0.3, -0.25) is 19.8 Å². The van der Waals surface area contributed by atoms with Crippen LogP contribution >= 0.6 is 11.3 Å². The lowest BCUT2D eigenvalue weighted by molar-refractivity contribution is -0.384. The van der Waals surface area contributed by atoms with Crippen molar-refractivity contribution in [2.75, 3.05) is 18.4 Å². The van der Waals surface area contributed by atoms with Crippen LogP contribution < -0.4 is 10.6 Å². The van der Waals surface area contributed by atoms with E-state index in [-0.39, 0.29) is 11.6 Å². The first-order valence-corrected chi connectivity index (χ1v) is 9.07. The van der Waals surface area contributed by atoms with Crippen LogP contribution in [0, 0.1) is 10.1 Å². The number of rotatable bonds is 3. The van der Waals surface area contributed by atoms with E-state index in [1.54, 1.807) is 23.5 Å². The molecule has 0 radical (unpaired) electrons. The van der Waals surface area contributed by atoms with E-state index in [0.29, 0.717) is 5.56 Å². The number of carbonyl (C=O) groups is 1. The summed E-state index contributed by atoms with van der Waals surface area (Å²) in [5.74, 6) is -0.104. The lowest BCUT2D eigenvalue weighted by Crippen LogP contribution is -2.38. The van der Waals surface area contributed by atoms with Gasteiger partial charge in [0, 0.05) is 35.7 Å². The number of thiophene rings is 1. The van der Waals surface area contributed by atoms with Crippen molar-refractivity contribution < 1.29 is 9.72 Å². The van der Waals surface area contributed by atoms with Crippen molar-refractivity contribution in [3.8, 4) is 0 Å². The molecular formula is C17H18N4O3S. The van der Waals surface area contributed by atoms with Crippen LogP contribution in [0.4, 0.5) is 10.7 Å². The molecule has 0 fully saturated rings. The van der Waals surface area contributed by atoms with Gasteiger partial charge in [-0.2, -0.15) is 0 Å². The molecule has 0 bridgehead atoms. The molecule has 1 aromatic heterocycles. The second kappa shape index (κ2) is 6.12. The molecule has 4 rings (SSSR count). The van der Waals surface area contributed by atoms with Gasteiger partial charge < -0.3 is 10.6 Å². The molecule has 1 atom stereocenters. The van der Waals surface area contributed by atoms with E-state index in [4.69, 9.17) is 0 Å². The van der Waals surface area contributed by atoms with Crippen LogP contribution in [0.1, 0.15) is 39.5 Å². The lowest BCUT2D eigenvalue weighted by atomic mass is 10.0. The van der Waals surface area contributed by atoms with E-state index in [1.807, 2.05) is 0 Å². The zero-order chi connectivity index (χ0) is 17.6. The van der Waals surface area contributed by atoms with Gasteiger partial charge in [-0.1, -0.05) is 19.1 Å². The fraction of sp³-hybridized carbons (Fsp3) is 0.353. The highest BCUT2D eigenvalue weighted by molar-refractivity contribution is 7.16. The molecule has 1 amide bonds. The summed E-state index contributed by atoms with van der Waals surface area (Å²) in [5.41, 5.74) is 2.59. The largest absolute Gasteiger partial charge is 0.353 e. The lowest BCUT2D eigenvalue weighted by Gasteiger charge is -2.28. The first-order chi connectivity index (χ1) is 12.1. The molecule has 7 nitrogen and oxygen atoms in total. The number of carbonyl (C=O) groups excluding carboxylic acids is 1. The number of nitrogens with zero attached hydrogens (tertiary/aromatic N) is 2. The number of hydrogen-bond donors (Lipinski definition) is 2. The van der Waals surface area contributed by atoms with Gasteiger partial charge in [0.1, 0.15) is 11.2 Å². The minimum Gasteiger partial charge on any atom is -0.353 e. The van der Waals surface area contributed by atoms with E-state index in [1.165, 1.54) is 17.0 Å². The molecule has 130 valence electrons. The van der Waals surface area contributed by atoms with E-state index in [9.17, 15) is 14.9 Å². The second-order valence-corrected chi connectivity index (χ2v) is 7.33. The SMILES string of the molecule is CCN1CCc2c(sc3c2C(=O)NC(c2cccc([N+](=O)[O-])c2)N3)C1. The number of nitro benzene ring substituents is 1. The van der Waals surface area contributed by atoms with Crippen molar-refractivity contribution in [2.45, 2.75) is 26.1 Å². The normalized spacial score (nSPS) is 19.6. The Kier molecular flexibility index (Phi) is 3.93. The second-order valence-electron chi connectivity index (χ2n) is 6.23. The number of non-ortho nitro benzene ring substituents is 1. The van der Waals surface area contributed by atoms with Crippen molar-refractivity contribution in [2.24, 2.45) is 0 Å². The monoisotopic (exact) mass is 358 g/mol. The van der Waals surface area contributed by atoms with E-state index < -0.39 is 11.1 Å². The zero-order valence-electron chi connectivity index (χ0n) is 13.7. The third kappa shape index (κ3) is 2.77. The Hall–Kier alpha value is -2.45. The fourth-order valence-corrected chi connectivity index (χ4v) is 4.74. The summed E-state index contributed by atoms with van der Waals surface area (Å²) in [6.45, 7) is 4.98. The average Bonchev–Trinajstić information content (AvgIpc) is 2.99. The van der Waals surface area contributed by atoms with Gasteiger partial charge >= 0.3 is 0 Å². The van der Waals surface area contributed by atoms with E-state index >= 15 is 0 Å². The van der Waals surface area contributed by atoms with Gasteiger partial charge in [0.25, 0.3) is 11.6 Å². The standard InChI is InChI=1S/C17H18N4O3S/c1-2-20-7-6-12-13(9-20)25-17-14(12)16(22)18-15(19-17)10-4-3-5-11(8-10)21(23)24/h3-5,8,15,19H,2,6-7,9H2,1H3,(H,18,22). The quantitative estimate of drug-likeness (QED) is 0.651. The Bertz CT molecular complexity index is 864. The molecule has 2 N–H and O–H groups in total. The first-order valence-electron chi connectivity index (χ1n) is 8.25. The van der Waals surface area contributed by atoms with E-state index in [2.05, 4.69) is 22.5 Å². The molecule has 2 aromatic rings. The molecule has 0 saturated heterocycles. The average molecular weight is 358 g/mol. The number of nitrogens with one attached hydrogen (secondary N) is 2. The number of fused-ring (bicyclic) bond motifs is 3. The number of benzene rings is 1. The molecule has 1 aromatic carbocycles. The van der Waals surface area contributed by atoms with E-state index in [0.717, 1.165) is 42.2 Å². The third-order valence-corrected chi connectivity index (χ3v) is 5.92. The van der Waals surface area contributed by atoms with Gasteiger partial charge in [0.2, 0.25) is 0 Å². The number of nitro groups is 1. The summed E-state index contributed by atoms with van der Waals surface area (Å²) in [7, 11) is 0. The summed E-state index contributed by atoms with van der Waals surface area (Å²) in [4.78, 5) is 26.8. The molecule has 25 heavy (non-hydrogen) atoms. The Balaban J connectivity index is 1.66. The highest BCUT2D eigenvalue weighted by atomic mass is 32.1. The molecule has 1 unspecified atom stereocenters. The highest BCUT2D eigenvalue weighted by Gasteiger charge is 2.33. The van der Waals surface area contributed by atoms with Crippen molar-refractivity contribution in [1.29, 1.82) is 0 Å². The summed E-state index contributed by atoms with van der Waals surface area (Å²) in [5, 5.41) is 18.1. The predicted molar refractivity (Wildman–Crippen MR) is 95.9 cm³/mol. The van der Waals surface area contributed by atoms with Crippen LogP contribution in [0.2, 0.25) is 0 Å². The van der Waals surface area contributed by atoms with Gasteiger partial charge in [-0.25, -0.2) is 0 Å². The topological polar surface area (TPSA) is 87.5 Å². The van der Waals surface area contributed by atoms with Crippen LogP contribution in [0.25, 0.3) is 0 Å². The molecule has 8 heteroatoms. The number of likely N-dealkylation sites (N-methyl/N-ethyl adjacent to an activating group) is 1. The maximum absolute atomic E-state index is 12.7. The van der Waals surface area contributed by atoms with Crippen molar-refractivity contribution in [1.82, 2.24) is 10.2 Å². The molecule has 2 aliphatic rings. The maximum Gasteiger partial charge on any atom is 0.269 e. The molecule has 2 aliphatic heterocycles. The smallest absolute Gasteiger partial charge is 0.269 e. The Labute approximate surface area is 148 Å². The van der Waals surface area contributed by atoms with Crippen molar-refractivity contribution in [3.63, 3.8) is 0 Å². The van der Waals surface area contributed by atoms with Crippen molar-refractivity contribution >= 4 is 27.9 Å². The minimum atomic E-state index is -0.456. The summed E-state index contributed by atoms with van der Waals surface area (Å²) in [6.07, 6.45) is 0.424. The number of hydrogen-bond acceptors (Lipinski definition) is 6. The summed E-state index contributed by atoms with van der Waals surface area (Å²) < 4.78 is 0. The van der Waals surface area contributed by atoms with Gasteiger partial charge in [-0.05, 0) is 18.5 Å². The summed E-state index contributed by atoms with van der Waals surface area (Å²) in [6, 6.07) is 6.36. The van der Waals surface area contributed by atoms with Gasteiger partial charge in [0.05, 0.1) is 10.5 Å². The van der Waals surface area contributed by atoms with Gasteiger partial charge in [0.15, 0.2) is 0 Å². The van der Waals surface area contributed by atoms with Crippen molar-refractivity contribution in [3.05, 3.63) is 55.9 Å². The Morgan fingerprint density at radius 2 is 2.24 bits per heavy atom. The molecule has 0 aliphatic carbocycles. The Morgan fingerprint density at radius 3 is 3.00 bits per heavy atom. The Morgan fingerprint density at radius 1 is 1.40 bits per heavy atom. The summed E-state index contributed by atoms with van der Waals surface area (Å²) >= 11 is 1.62. The fourth-order valence-electron chi connectivity index (χ4n) is 3.42. The number of amides is 1. The molecule has 3 heterocycles. The zero-order valence-corrected chi connectivity index (χ0v) is 14.6. The van der Waals surface area contributed by atoms with Crippen LogP contribution in [-0.4, -0.2) is 28.8 Å². The highest BCUT2D eigenvalue weighted by Crippen LogP contribution is 2.40. The third-order valence-electron chi connectivity index (χ3n) is 4.78. The van der Waals surface area contributed by atoms with Crippen LogP contribution in [-0.2, 0) is 13.0 Å². The molecule has 0 spiro atoms. The maximum atomic E-state index is 12.7. The first kappa shape index (κ1) is 16.0. The predicted octanol–water partition coefficient (Wildman–Crippen LogP) is 2.89. The van der Waals surface area contributed by atoms with Crippen LogP contribution in [0.15, 0.2) is 24.3 Å². The van der Waals surface area contributed by atoms with Crippen LogP contribution in [0.5, 0.6) is 0 Å². The molecular weight excluding hydrogens is 340 g/mol.